The Morgan fingerprint density at radius 1 is 1.47 bits per heavy atom. The lowest BCUT2D eigenvalue weighted by Gasteiger charge is -2.25. The van der Waals surface area contributed by atoms with Crippen molar-refractivity contribution in [3.63, 3.8) is 0 Å². The maximum atomic E-state index is 5.90. The van der Waals surface area contributed by atoms with Crippen molar-refractivity contribution in [3.8, 4) is 0 Å². The first kappa shape index (κ1) is 12.9. The van der Waals surface area contributed by atoms with Crippen molar-refractivity contribution in [2.24, 2.45) is 11.7 Å². The van der Waals surface area contributed by atoms with Crippen molar-refractivity contribution in [2.75, 3.05) is 18.0 Å². The minimum absolute atomic E-state index is 0.0962. The van der Waals surface area contributed by atoms with Crippen molar-refractivity contribution in [3.05, 3.63) is 28.2 Å². The lowest BCUT2D eigenvalue weighted by molar-refractivity contribution is 0.739. The van der Waals surface area contributed by atoms with E-state index < -0.39 is 0 Å². The molecule has 2 nitrogen and oxygen atoms in total. The molecular weight excluding hydrogens is 276 g/mol. The van der Waals surface area contributed by atoms with Gasteiger partial charge in [0.25, 0.3) is 0 Å². The van der Waals surface area contributed by atoms with Gasteiger partial charge in [-0.15, -0.1) is 0 Å². The number of hydrogen-bond donors (Lipinski definition) is 1. The highest BCUT2D eigenvalue weighted by Gasteiger charge is 2.24. The third-order valence-electron chi connectivity index (χ3n) is 3.40. The van der Waals surface area contributed by atoms with Crippen LogP contribution in [0.15, 0.2) is 22.7 Å². The standard InChI is InChI=1S/C14H21BrN2/c1-3-17(9-11-4-5-11)14-7-6-12(10(2)16)8-13(14)15/h6-8,10-11H,3-5,9,16H2,1-2H3/t10-/m0/s1. The van der Waals surface area contributed by atoms with Gasteiger partial charge in [-0.1, -0.05) is 6.07 Å². The zero-order valence-corrected chi connectivity index (χ0v) is 12.2. The molecule has 0 saturated heterocycles. The largest absolute Gasteiger partial charge is 0.371 e. The van der Waals surface area contributed by atoms with Gasteiger partial charge in [-0.3, -0.25) is 0 Å². The minimum atomic E-state index is 0.0962. The van der Waals surface area contributed by atoms with E-state index in [-0.39, 0.29) is 6.04 Å². The van der Waals surface area contributed by atoms with Crippen molar-refractivity contribution in [1.82, 2.24) is 0 Å². The van der Waals surface area contributed by atoms with E-state index >= 15 is 0 Å². The van der Waals surface area contributed by atoms with Gasteiger partial charge in [0, 0.05) is 23.6 Å². The molecule has 0 radical (unpaired) electrons. The number of hydrogen-bond acceptors (Lipinski definition) is 2. The van der Waals surface area contributed by atoms with E-state index in [2.05, 4.69) is 46.0 Å². The summed E-state index contributed by atoms with van der Waals surface area (Å²) >= 11 is 3.67. The molecular formula is C14H21BrN2. The summed E-state index contributed by atoms with van der Waals surface area (Å²) in [7, 11) is 0. The molecule has 0 aliphatic heterocycles. The van der Waals surface area contributed by atoms with E-state index in [0.717, 1.165) is 16.9 Å². The van der Waals surface area contributed by atoms with Gasteiger partial charge in [-0.05, 0) is 66.2 Å². The fourth-order valence-corrected chi connectivity index (χ4v) is 2.72. The Labute approximate surface area is 112 Å². The molecule has 0 spiro atoms. The SMILES string of the molecule is CCN(CC1CC1)c1ccc([C@H](C)N)cc1Br. The molecule has 94 valence electrons. The minimum Gasteiger partial charge on any atom is -0.371 e. The summed E-state index contributed by atoms with van der Waals surface area (Å²) in [6, 6.07) is 6.57. The molecule has 2 rings (SSSR count). The maximum Gasteiger partial charge on any atom is 0.0510 e. The normalized spacial score (nSPS) is 16.9. The summed E-state index contributed by atoms with van der Waals surface area (Å²) in [5, 5.41) is 0. The number of nitrogens with zero attached hydrogens (tertiary/aromatic N) is 1. The van der Waals surface area contributed by atoms with E-state index in [9.17, 15) is 0 Å². The van der Waals surface area contributed by atoms with E-state index in [0.29, 0.717) is 0 Å². The third kappa shape index (κ3) is 3.23. The summed E-state index contributed by atoms with van der Waals surface area (Å²) in [6.07, 6.45) is 2.79. The fraction of sp³-hybridized carbons (Fsp3) is 0.571. The second-order valence-electron chi connectivity index (χ2n) is 4.98. The Morgan fingerprint density at radius 3 is 2.65 bits per heavy atom. The van der Waals surface area contributed by atoms with Gasteiger partial charge < -0.3 is 10.6 Å². The number of benzene rings is 1. The molecule has 1 aliphatic rings. The summed E-state index contributed by atoms with van der Waals surface area (Å²) in [4.78, 5) is 2.45. The molecule has 1 atom stereocenters. The van der Waals surface area contributed by atoms with Gasteiger partial charge in [-0.25, -0.2) is 0 Å². The monoisotopic (exact) mass is 296 g/mol. The van der Waals surface area contributed by atoms with Crippen LogP contribution in [0.5, 0.6) is 0 Å². The van der Waals surface area contributed by atoms with Crippen molar-refractivity contribution < 1.29 is 0 Å². The fourth-order valence-electron chi connectivity index (χ4n) is 2.07. The number of rotatable bonds is 5. The van der Waals surface area contributed by atoms with Gasteiger partial charge in [0.1, 0.15) is 0 Å². The Bertz CT molecular complexity index is 386. The molecule has 1 fully saturated rings. The van der Waals surface area contributed by atoms with E-state index in [1.54, 1.807) is 0 Å². The third-order valence-corrected chi connectivity index (χ3v) is 4.03. The summed E-state index contributed by atoms with van der Waals surface area (Å²) in [5.41, 5.74) is 8.38. The quantitative estimate of drug-likeness (QED) is 0.898. The number of nitrogens with two attached hydrogens (primary N) is 1. The summed E-state index contributed by atoms with van der Waals surface area (Å²) in [6.45, 7) is 6.48. The molecule has 1 aromatic carbocycles. The van der Waals surface area contributed by atoms with Crippen LogP contribution in [0, 0.1) is 5.92 Å². The number of anilines is 1. The van der Waals surface area contributed by atoms with Gasteiger partial charge in [-0.2, -0.15) is 0 Å². The first-order valence-corrected chi connectivity index (χ1v) is 7.21. The topological polar surface area (TPSA) is 29.3 Å². The highest BCUT2D eigenvalue weighted by atomic mass is 79.9. The van der Waals surface area contributed by atoms with Crippen LogP contribution in [-0.2, 0) is 0 Å². The van der Waals surface area contributed by atoms with Gasteiger partial charge in [0.2, 0.25) is 0 Å². The Morgan fingerprint density at radius 2 is 2.18 bits per heavy atom. The molecule has 0 amide bonds. The van der Waals surface area contributed by atoms with Crippen LogP contribution in [0.4, 0.5) is 5.69 Å². The van der Waals surface area contributed by atoms with Crippen LogP contribution >= 0.6 is 15.9 Å². The van der Waals surface area contributed by atoms with Crippen molar-refractivity contribution in [2.45, 2.75) is 32.7 Å². The van der Waals surface area contributed by atoms with Crippen LogP contribution in [-0.4, -0.2) is 13.1 Å². The lowest BCUT2D eigenvalue weighted by atomic mass is 10.1. The smallest absolute Gasteiger partial charge is 0.0510 e. The molecule has 1 saturated carbocycles. The predicted molar refractivity (Wildman–Crippen MR) is 77.4 cm³/mol. The second kappa shape index (κ2) is 5.40. The molecule has 17 heavy (non-hydrogen) atoms. The predicted octanol–water partition coefficient (Wildman–Crippen LogP) is 3.71. The molecule has 0 aromatic heterocycles. The van der Waals surface area contributed by atoms with Crippen LogP contribution in [0.25, 0.3) is 0 Å². The van der Waals surface area contributed by atoms with Gasteiger partial charge in [0.05, 0.1) is 5.69 Å². The van der Waals surface area contributed by atoms with E-state index in [1.165, 1.54) is 30.6 Å². The summed E-state index contributed by atoms with van der Waals surface area (Å²) in [5.74, 6) is 0.912. The van der Waals surface area contributed by atoms with Gasteiger partial charge in [0.15, 0.2) is 0 Å². The molecule has 0 unspecified atom stereocenters. The average molecular weight is 297 g/mol. The highest BCUT2D eigenvalue weighted by Crippen LogP contribution is 2.34. The van der Waals surface area contributed by atoms with Crippen LogP contribution in [0.1, 0.15) is 38.3 Å². The maximum absolute atomic E-state index is 5.90. The van der Waals surface area contributed by atoms with Gasteiger partial charge >= 0.3 is 0 Å². The average Bonchev–Trinajstić information content (AvgIpc) is 3.10. The Balaban J connectivity index is 2.17. The lowest BCUT2D eigenvalue weighted by Crippen LogP contribution is -2.25. The first-order chi connectivity index (χ1) is 8.11. The van der Waals surface area contributed by atoms with Crippen LogP contribution in [0.3, 0.4) is 0 Å². The van der Waals surface area contributed by atoms with E-state index in [4.69, 9.17) is 5.73 Å². The molecule has 2 N–H and O–H groups in total. The summed E-state index contributed by atoms with van der Waals surface area (Å²) < 4.78 is 1.16. The Kier molecular flexibility index (Phi) is 4.10. The molecule has 1 aliphatic carbocycles. The molecule has 3 heteroatoms. The van der Waals surface area contributed by atoms with Crippen molar-refractivity contribution >= 4 is 21.6 Å². The zero-order chi connectivity index (χ0) is 12.4. The number of halogens is 1. The van der Waals surface area contributed by atoms with E-state index in [1.807, 2.05) is 6.92 Å². The van der Waals surface area contributed by atoms with Crippen molar-refractivity contribution in [1.29, 1.82) is 0 Å². The molecule has 0 bridgehead atoms. The molecule has 0 heterocycles. The molecule has 1 aromatic rings. The van der Waals surface area contributed by atoms with Crippen LogP contribution < -0.4 is 10.6 Å². The zero-order valence-electron chi connectivity index (χ0n) is 10.6. The van der Waals surface area contributed by atoms with Crippen LogP contribution in [0.2, 0.25) is 0 Å². The first-order valence-electron chi connectivity index (χ1n) is 6.41. The Hall–Kier alpha value is -0.540. The highest BCUT2D eigenvalue weighted by molar-refractivity contribution is 9.10. The second-order valence-corrected chi connectivity index (χ2v) is 5.84.